The second kappa shape index (κ2) is 7.53. The first kappa shape index (κ1) is 17.9. The fraction of sp³-hybridized carbons (Fsp3) is 0.706. The zero-order valence-electron chi connectivity index (χ0n) is 14.7. The Kier molecular flexibility index (Phi) is 5.39. The summed E-state index contributed by atoms with van der Waals surface area (Å²) >= 11 is 0. The van der Waals surface area contributed by atoms with E-state index < -0.39 is 17.2 Å². The minimum atomic E-state index is -0.673. The number of aromatic amines is 2. The average Bonchev–Trinajstić information content (AvgIpc) is 2.99. The first-order valence-electron chi connectivity index (χ1n) is 8.90. The highest BCUT2D eigenvalue weighted by Gasteiger charge is 2.38. The number of nitrogens with one attached hydrogen (secondary N) is 3. The summed E-state index contributed by atoms with van der Waals surface area (Å²) in [5, 5.41) is 3.02. The van der Waals surface area contributed by atoms with Crippen molar-refractivity contribution in [2.75, 3.05) is 26.3 Å². The van der Waals surface area contributed by atoms with Crippen LogP contribution in [0.3, 0.4) is 0 Å². The van der Waals surface area contributed by atoms with Crippen molar-refractivity contribution in [2.24, 2.45) is 11.8 Å². The largest absolute Gasteiger partial charge is 0.381 e. The predicted octanol–water partition coefficient (Wildman–Crippen LogP) is -0.0716. The molecule has 8 heteroatoms. The maximum Gasteiger partial charge on any atom is 0.326 e. The molecule has 2 saturated heterocycles. The van der Waals surface area contributed by atoms with Crippen molar-refractivity contribution >= 4 is 5.91 Å². The van der Waals surface area contributed by atoms with Crippen LogP contribution in [0, 0.1) is 11.8 Å². The van der Waals surface area contributed by atoms with Crippen molar-refractivity contribution in [1.82, 2.24) is 20.2 Å². The van der Waals surface area contributed by atoms with Crippen LogP contribution in [-0.4, -0.2) is 59.2 Å². The lowest BCUT2D eigenvalue weighted by molar-refractivity contribution is 0.0401. The van der Waals surface area contributed by atoms with Crippen LogP contribution in [0.1, 0.15) is 37.2 Å². The summed E-state index contributed by atoms with van der Waals surface area (Å²) in [7, 11) is 0. The molecule has 1 amide bonds. The summed E-state index contributed by atoms with van der Waals surface area (Å²) in [6.07, 6.45) is 2.04. The lowest BCUT2D eigenvalue weighted by atomic mass is 9.91. The molecule has 0 spiro atoms. The number of rotatable bonds is 4. The molecular weight excluding hydrogens is 324 g/mol. The van der Waals surface area contributed by atoms with Crippen molar-refractivity contribution in [1.29, 1.82) is 0 Å². The highest BCUT2D eigenvalue weighted by atomic mass is 16.5. The molecule has 0 unspecified atom stereocenters. The fourth-order valence-corrected chi connectivity index (χ4v) is 3.87. The van der Waals surface area contributed by atoms with E-state index in [2.05, 4.69) is 34.0 Å². The van der Waals surface area contributed by atoms with Crippen LogP contribution in [-0.2, 0) is 4.74 Å². The van der Waals surface area contributed by atoms with Crippen molar-refractivity contribution in [2.45, 2.75) is 38.8 Å². The van der Waals surface area contributed by atoms with Gasteiger partial charge >= 0.3 is 5.69 Å². The Labute approximate surface area is 146 Å². The third kappa shape index (κ3) is 4.19. The zero-order valence-corrected chi connectivity index (χ0v) is 14.7. The molecule has 138 valence electrons. The molecule has 2 atom stereocenters. The summed E-state index contributed by atoms with van der Waals surface area (Å²) < 4.78 is 5.44. The molecule has 2 aliphatic heterocycles. The number of aromatic nitrogens is 2. The van der Waals surface area contributed by atoms with Crippen LogP contribution in [0.2, 0.25) is 0 Å². The van der Waals surface area contributed by atoms with Gasteiger partial charge in [0.15, 0.2) is 0 Å². The molecule has 0 aliphatic carbocycles. The van der Waals surface area contributed by atoms with Crippen molar-refractivity contribution in [3.63, 3.8) is 0 Å². The Hall–Kier alpha value is -1.93. The lowest BCUT2D eigenvalue weighted by Gasteiger charge is -2.31. The minimum absolute atomic E-state index is 0.000715. The van der Waals surface area contributed by atoms with Crippen LogP contribution in [0.15, 0.2) is 15.7 Å². The van der Waals surface area contributed by atoms with E-state index >= 15 is 0 Å². The summed E-state index contributed by atoms with van der Waals surface area (Å²) in [4.78, 5) is 42.2. The number of hydrogen-bond acceptors (Lipinski definition) is 5. The molecule has 1 aromatic heterocycles. The second-order valence-electron chi connectivity index (χ2n) is 7.29. The minimum Gasteiger partial charge on any atom is -0.381 e. The van der Waals surface area contributed by atoms with Gasteiger partial charge in [0.2, 0.25) is 0 Å². The third-order valence-electron chi connectivity index (χ3n) is 5.28. The molecule has 0 bridgehead atoms. The number of amides is 1. The number of carbonyl (C=O) groups excluding carboxylic acids is 1. The molecular formula is C17H26N4O4. The molecule has 3 rings (SSSR count). The average molecular weight is 350 g/mol. The monoisotopic (exact) mass is 350 g/mol. The van der Waals surface area contributed by atoms with Crippen LogP contribution in [0.25, 0.3) is 0 Å². The van der Waals surface area contributed by atoms with Crippen molar-refractivity contribution < 1.29 is 9.53 Å². The van der Waals surface area contributed by atoms with Crippen LogP contribution in [0.4, 0.5) is 0 Å². The van der Waals surface area contributed by atoms with Crippen molar-refractivity contribution in [3.05, 3.63) is 32.6 Å². The highest BCUT2D eigenvalue weighted by Crippen LogP contribution is 2.28. The number of ether oxygens (including phenoxy) is 1. The smallest absolute Gasteiger partial charge is 0.326 e. The van der Waals surface area contributed by atoms with Crippen LogP contribution in [0.5, 0.6) is 0 Å². The van der Waals surface area contributed by atoms with Crippen molar-refractivity contribution in [3.8, 4) is 0 Å². The molecule has 2 fully saturated rings. The molecule has 1 aromatic rings. The SMILES string of the molecule is CC(C)[C@@H]1CN(C2CCOCC2)C[C@H]1NC(=O)c1cc(=O)[nH]c(=O)[nH]1. The van der Waals surface area contributed by atoms with Gasteiger partial charge in [-0.1, -0.05) is 13.8 Å². The molecule has 3 N–H and O–H groups in total. The Balaban J connectivity index is 1.71. The van der Waals surface area contributed by atoms with E-state index in [0.717, 1.165) is 45.2 Å². The maximum absolute atomic E-state index is 12.5. The topological polar surface area (TPSA) is 107 Å². The van der Waals surface area contributed by atoms with Gasteiger partial charge in [0.05, 0.1) is 0 Å². The normalized spacial score (nSPS) is 25.4. The van der Waals surface area contributed by atoms with Gasteiger partial charge in [-0.2, -0.15) is 0 Å². The van der Waals surface area contributed by atoms with E-state index in [0.29, 0.717) is 17.9 Å². The zero-order chi connectivity index (χ0) is 18.0. The third-order valence-corrected chi connectivity index (χ3v) is 5.28. The molecule has 3 heterocycles. The van der Waals surface area contributed by atoms with Gasteiger partial charge in [-0.05, 0) is 24.7 Å². The quantitative estimate of drug-likeness (QED) is 0.705. The van der Waals surface area contributed by atoms with Gasteiger partial charge in [0.25, 0.3) is 11.5 Å². The number of H-pyrrole nitrogens is 2. The molecule has 0 aromatic carbocycles. The van der Waals surface area contributed by atoms with E-state index in [1.165, 1.54) is 0 Å². The Morgan fingerprint density at radius 2 is 1.96 bits per heavy atom. The van der Waals surface area contributed by atoms with Gasteiger partial charge < -0.3 is 15.0 Å². The summed E-state index contributed by atoms with van der Waals surface area (Å²) in [5.74, 6) is 0.349. The van der Waals surface area contributed by atoms with Gasteiger partial charge in [0.1, 0.15) is 5.69 Å². The number of likely N-dealkylation sites (tertiary alicyclic amines) is 1. The lowest BCUT2D eigenvalue weighted by Crippen LogP contribution is -2.44. The molecule has 0 radical (unpaired) electrons. The summed E-state index contributed by atoms with van der Waals surface area (Å²) in [6.45, 7) is 7.63. The maximum atomic E-state index is 12.5. The van der Waals surface area contributed by atoms with E-state index in [1.54, 1.807) is 0 Å². The first-order valence-corrected chi connectivity index (χ1v) is 8.90. The molecule has 2 aliphatic rings. The molecule has 8 nitrogen and oxygen atoms in total. The fourth-order valence-electron chi connectivity index (χ4n) is 3.87. The Bertz CT molecular complexity index is 692. The van der Waals surface area contributed by atoms with E-state index in [4.69, 9.17) is 4.74 Å². The van der Waals surface area contributed by atoms with Gasteiger partial charge in [-0.15, -0.1) is 0 Å². The van der Waals surface area contributed by atoms with E-state index in [1.807, 2.05) is 0 Å². The van der Waals surface area contributed by atoms with E-state index in [9.17, 15) is 14.4 Å². The highest BCUT2D eigenvalue weighted by molar-refractivity contribution is 5.92. The summed E-state index contributed by atoms with van der Waals surface area (Å²) in [5.41, 5.74) is -1.25. The molecule has 25 heavy (non-hydrogen) atoms. The van der Waals surface area contributed by atoms with Gasteiger partial charge in [0, 0.05) is 44.5 Å². The van der Waals surface area contributed by atoms with E-state index in [-0.39, 0.29) is 11.7 Å². The second-order valence-corrected chi connectivity index (χ2v) is 7.29. The predicted molar refractivity (Wildman–Crippen MR) is 92.7 cm³/mol. The van der Waals surface area contributed by atoms with Gasteiger partial charge in [-0.3, -0.25) is 19.5 Å². The Morgan fingerprint density at radius 3 is 2.60 bits per heavy atom. The Morgan fingerprint density at radius 1 is 1.24 bits per heavy atom. The standard InChI is InChI=1S/C17H26N4O4/c1-10(2)12-8-21(11-3-5-25-6-4-11)9-14(12)18-16(23)13-7-15(22)20-17(24)19-13/h7,10-12,14H,3-6,8-9H2,1-2H3,(H,18,23)(H2,19,20,22,24)/t12-,14+/m0/s1. The number of nitrogens with zero attached hydrogens (tertiary/aromatic N) is 1. The number of carbonyl (C=O) groups is 1. The van der Waals surface area contributed by atoms with Crippen LogP contribution < -0.4 is 16.6 Å². The number of hydrogen-bond donors (Lipinski definition) is 3. The summed E-state index contributed by atoms with van der Waals surface area (Å²) in [6, 6.07) is 1.61. The molecule has 0 saturated carbocycles. The van der Waals surface area contributed by atoms with Gasteiger partial charge in [-0.25, -0.2) is 4.79 Å². The first-order chi connectivity index (χ1) is 11.9. The van der Waals surface area contributed by atoms with Crippen LogP contribution >= 0.6 is 0 Å².